The molecule has 0 amide bonds. The Kier molecular flexibility index (Phi) is 2.58. The van der Waals surface area contributed by atoms with Crippen LogP contribution in [0, 0.1) is 5.82 Å². The number of rotatable bonds is 2. The number of ether oxygens (including phenoxy) is 1. The fourth-order valence-corrected chi connectivity index (χ4v) is 1.73. The van der Waals surface area contributed by atoms with Crippen molar-refractivity contribution in [3.63, 3.8) is 0 Å². The molecule has 0 bridgehead atoms. The topological polar surface area (TPSA) is 38.3 Å². The van der Waals surface area contributed by atoms with Crippen molar-refractivity contribution in [2.75, 3.05) is 11.9 Å². The molecule has 1 aromatic rings. The second kappa shape index (κ2) is 3.88. The number of fused-ring (bicyclic) bond motifs is 1. The molecule has 15 heavy (non-hydrogen) atoms. The molecule has 80 valence electrons. The molecule has 1 heterocycles. The lowest BCUT2D eigenvalue weighted by Gasteiger charge is -2.09. The van der Waals surface area contributed by atoms with Crippen LogP contribution in [0.1, 0.15) is 12.5 Å². The lowest BCUT2D eigenvalue weighted by Crippen LogP contribution is -2.29. The first-order valence-corrected chi connectivity index (χ1v) is 4.93. The summed E-state index contributed by atoms with van der Waals surface area (Å²) in [7, 11) is 0. The van der Waals surface area contributed by atoms with E-state index in [1.54, 1.807) is 19.1 Å². The summed E-state index contributed by atoms with van der Waals surface area (Å²) in [4.78, 5) is 11.4. The Bertz CT molecular complexity index is 392. The van der Waals surface area contributed by atoms with Gasteiger partial charge in [-0.1, -0.05) is 6.07 Å². The van der Waals surface area contributed by atoms with Crippen LogP contribution in [0.15, 0.2) is 18.2 Å². The van der Waals surface area contributed by atoms with E-state index in [-0.39, 0.29) is 11.8 Å². The molecule has 0 fully saturated rings. The number of hydrogen-bond donors (Lipinski definition) is 1. The number of carbonyl (C=O) groups excluding carboxylic acids is 1. The monoisotopic (exact) mass is 209 g/mol. The Labute approximate surface area is 87.2 Å². The van der Waals surface area contributed by atoms with E-state index in [0.717, 1.165) is 0 Å². The molecule has 0 aliphatic carbocycles. The van der Waals surface area contributed by atoms with Crippen LogP contribution in [0.3, 0.4) is 0 Å². The van der Waals surface area contributed by atoms with E-state index >= 15 is 0 Å². The standard InChI is InChI=1S/C11H12FNO2/c1-2-15-11(14)10-6-7-8(12)4-3-5-9(7)13-10/h3-5,10,13H,2,6H2,1H3/t10-/m0/s1. The molecule has 0 saturated carbocycles. The van der Waals surface area contributed by atoms with Crippen LogP contribution in [-0.4, -0.2) is 18.6 Å². The average Bonchev–Trinajstić information content (AvgIpc) is 2.63. The summed E-state index contributed by atoms with van der Waals surface area (Å²) in [5.74, 6) is -0.597. The third-order valence-electron chi connectivity index (χ3n) is 2.43. The van der Waals surface area contributed by atoms with E-state index in [1.165, 1.54) is 6.07 Å². The highest BCUT2D eigenvalue weighted by molar-refractivity contribution is 5.82. The van der Waals surface area contributed by atoms with Crippen molar-refractivity contribution in [3.05, 3.63) is 29.6 Å². The fraction of sp³-hybridized carbons (Fsp3) is 0.364. The van der Waals surface area contributed by atoms with E-state index in [9.17, 15) is 9.18 Å². The van der Waals surface area contributed by atoms with Gasteiger partial charge in [0.2, 0.25) is 0 Å². The number of benzene rings is 1. The molecule has 0 radical (unpaired) electrons. The zero-order chi connectivity index (χ0) is 10.8. The van der Waals surface area contributed by atoms with Gasteiger partial charge in [-0.2, -0.15) is 0 Å². The normalized spacial score (nSPS) is 18.1. The first kappa shape index (κ1) is 9.96. The summed E-state index contributed by atoms with van der Waals surface area (Å²) in [6.45, 7) is 2.09. The summed E-state index contributed by atoms with van der Waals surface area (Å²) < 4.78 is 18.2. The van der Waals surface area contributed by atoms with Gasteiger partial charge in [-0.3, -0.25) is 0 Å². The molecule has 1 aliphatic heterocycles. The SMILES string of the molecule is CCOC(=O)[C@@H]1Cc2c(F)cccc2N1. The Morgan fingerprint density at radius 3 is 3.13 bits per heavy atom. The molecule has 0 spiro atoms. The molecular formula is C11H12FNO2. The number of carbonyl (C=O) groups is 1. The predicted octanol–water partition coefficient (Wildman–Crippen LogP) is 1.73. The van der Waals surface area contributed by atoms with Crippen LogP contribution in [0.5, 0.6) is 0 Å². The minimum atomic E-state index is -0.447. The first-order chi connectivity index (χ1) is 7.22. The molecule has 1 atom stereocenters. The summed E-state index contributed by atoms with van der Waals surface area (Å²) in [6.07, 6.45) is 0.362. The zero-order valence-corrected chi connectivity index (χ0v) is 8.42. The Morgan fingerprint density at radius 2 is 2.47 bits per heavy atom. The van der Waals surface area contributed by atoms with Crippen molar-refractivity contribution in [1.29, 1.82) is 0 Å². The van der Waals surface area contributed by atoms with Gasteiger partial charge in [0.1, 0.15) is 11.9 Å². The van der Waals surface area contributed by atoms with Crippen molar-refractivity contribution >= 4 is 11.7 Å². The maximum absolute atomic E-state index is 13.3. The number of halogens is 1. The lowest BCUT2D eigenvalue weighted by molar-refractivity contribution is -0.143. The maximum atomic E-state index is 13.3. The molecule has 3 nitrogen and oxygen atoms in total. The van der Waals surface area contributed by atoms with Crippen molar-refractivity contribution in [2.45, 2.75) is 19.4 Å². The number of nitrogens with one attached hydrogen (secondary N) is 1. The highest BCUT2D eigenvalue weighted by Crippen LogP contribution is 2.28. The van der Waals surface area contributed by atoms with Gasteiger partial charge in [0, 0.05) is 17.7 Å². The minimum absolute atomic E-state index is 0.271. The fourth-order valence-electron chi connectivity index (χ4n) is 1.73. The minimum Gasteiger partial charge on any atom is -0.464 e. The zero-order valence-electron chi connectivity index (χ0n) is 8.42. The number of esters is 1. The summed E-state index contributed by atoms with van der Waals surface area (Å²) in [5, 5.41) is 2.95. The van der Waals surface area contributed by atoms with Crippen LogP contribution in [-0.2, 0) is 16.0 Å². The quantitative estimate of drug-likeness (QED) is 0.754. The molecule has 2 rings (SSSR count). The van der Waals surface area contributed by atoms with E-state index < -0.39 is 6.04 Å². The second-order valence-electron chi connectivity index (χ2n) is 3.42. The Hall–Kier alpha value is -1.58. The Balaban J connectivity index is 2.15. The molecule has 0 aromatic heterocycles. The summed E-state index contributed by atoms with van der Waals surface area (Å²) in [6, 6.07) is 4.33. The van der Waals surface area contributed by atoms with Crippen LogP contribution in [0.25, 0.3) is 0 Å². The van der Waals surface area contributed by atoms with Gasteiger partial charge in [-0.05, 0) is 19.1 Å². The predicted molar refractivity (Wildman–Crippen MR) is 54.1 cm³/mol. The van der Waals surface area contributed by atoms with Gasteiger partial charge in [-0.25, -0.2) is 9.18 Å². The Morgan fingerprint density at radius 1 is 1.67 bits per heavy atom. The van der Waals surface area contributed by atoms with E-state index in [4.69, 9.17) is 4.74 Å². The van der Waals surface area contributed by atoms with Crippen molar-refractivity contribution in [2.24, 2.45) is 0 Å². The first-order valence-electron chi connectivity index (χ1n) is 4.93. The third kappa shape index (κ3) is 1.79. The van der Waals surface area contributed by atoms with Crippen molar-refractivity contribution in [3.8, 4) is 0 Å². The second-order valence-corrected chi connectivity index (χ2v) is 3.42. The molecule has 0 unspecified atom stereocenters. The van der Waals surface area contributed by atoms with Crippen LogP contribution >= 0.6 is 0 Å². The van der Waals surface area contributed by atoms with E-state index in [2.05, 4.69) is 5.32 Å². The highest BCUT2D eigenvalue weighted by Gasteiger charge is 2.29. The lowest BCUT2D eigenvalue weighted by atomic mass is 10.1. The molecule has 1 aromatic carbocycles. The highest BCUT2D eigenvalue weighted by atomic mass is 19.1. The van der Waals surface area contributed by atoms with Crippen LogP contribution in [0.2, 0.25) is 0 Å². The maximum Gasteiger partial charge on any atom is 0.328 e. The van der Waals surface area contributed by atoms with E-state index in [1.807, 2.05) is 0 Å². The van der Waals surface area contributed by atoms with Gasteiger partial charge < -0.3 is 10.1 Å². The molecule has 4 heteroatoms. The van der Waals surface area contributed by atoms with E-state index in [0.29, 0.717) is 24.3 Å². The van der Waals surface area contributed by atoms with Crippen molar-refractivity contribution in [1.82, 2.24) is 0 Å². The number of anilines is 1. The van der Waals surface area contributed by atoms with Crippen LogP contribution in [0.4, 0.5) is 10.1 Å². The average molecular weight is 209 g/mol. The molecule has 1 aliphatic rings. The smallest absolute Gasteiger partial charge is 0.328 e. The third-order valence-corrected chi connectivity index (χ3v) is 2.43. The summed E-state index contributed by atoms with van der Waals surface area (Å²) in [5.41, 5.74) is 1.25. The number of hydrogen-bond acceptors (Lipinski definition) is 3. The van der Waals surface area contributed by atoms with Crippen LogP contribution < -0.4 is 5.32 Å². The van der Waals surface area contributed by atoms with Gasteiger partial charge in [0.25, 0.3) is 0 Å². The molecular weight excluding hydrogens is 197 g/mol. The van der Waals surface area contributed by atoms with Gasteiger partial charge in [0.15, 0.2) is 0 Å². The van der Waals surface area contributed by atoms with Gasteiger partial charge >= 0.3 is 5.97 Å². The van der Waals surface area contributed by atoms with Gasteiger partial charge in [0.05, 0.1) is 6.61 Å². The summed E-state index contributed by atoms with van der Waals surface area (Å²) >= 11 is 0. The molecule has 0 saturated heterocycles. The largest absolute Gasteiger partial charge is 0.464 e. The molecule has 1 N–H and O–H groups in total. The van der Waals surface area contributed by atoms with Gasteiger partial charge in [-0.15, -0.1) is 0 Å². The van der Waals surface area contributed by atoms with Crippen molar-refractivity contribution < 1.29 is 13.9 Å².